The Labute approximate surface area is 150 Å². The minimum absolute atomic E-state index is 0.151. The Hall–Kier alpha value is -2.14. The second-order valence-electron chi connectivity index (χ2n) is 6.00. The molecule has 0 radical (unpaired) electrons. The van der Waals surface area contributed by atoms with E-state index in [2.05, 4.69) is 26.6 Å². The van der Waals surface area contributed by atoms with E-state index in [0.29, 0.717) is 23.7 Å². The Bertz CT molecular complexity index is 712. The first-order chi connectivity index (χ1) is 11.5. The summed E-state index contributed by atoms with van der Waals surface area (Å²) in [5.41, 5.74) is 1.92. The largest absolute Gasteiger partial charge is 0.352 e. The summed E-state index contributed by atoms with van der Waals surface area (Å²) in [5, 5.41) is 5.70. The molecule has 2 amide bonds. The van der Waals surface area contributed by atoms with Gasteiger partial charge in [-0.3, -0.25) is 9.59 Å². The lowest BCUT2D eigenvalue weighted by Crippen LogP contribution is -2.28. The molecule has 0 fully saturated rings. The van der Waals surface area contributed by atoms with Crippen molar-refractivity contribution in [2.75, 3.05) is 11.9 Å². The zero-order chi connectivity index (χ0) is 17.5. The highest BCUT2D eigenvalue weighted by Gasteiger charge is 2.13. The van der Waals surface area contributed by atoms with Crippen molar-refractivity contribution >= 4 is 33.4 Å². The van der Waals surface area contributed by atoms with Crippen LogP contribution < -0.4 is 10.6 Å². The summed E-state index contributed by atoms with van der Waals surface area (Å²) in [6.07, 6.45) is 0.259. The van der Waals surface area contributed by atoms with Gasteiger partial charge in [0.15, 0.2) is 0 Å². The fourth-order valence-electron chi connectivity index (χ4n) is 2.16. The van der Waals surface area contributed by atoms with Crippen molar-refractivity contribution in [3.05, 3.63) is 64.1 Å². The molecular formula is C19H21BrN2O2. The summed E-state index contributed by atoms with van der Waals surface area (Å²) in [4.78, 5) is 24.5. The number of carbonyl (C=O) groups is 2. The van der Waals surface area contributed by atoms with Gasteiger partial charge in [0.2, 0.25) is 5.91 Å². The van der Waals surface area contributed by atoms with Crippen LogP contribution in [0.2, 0.25) is 0 Å². The maximum Gasteiger partial charge on any atom is 0.253 e. The predicted octanol–water partition coefficient (Wildman–Crippen LogP) is 4.02. The first-order valence-corrected chi connectivity index (χ1v) is 8.66. The molecule has 0 spiro atoms. The van der Waals surface area contributed by atoms with Crippen LogP contribution in [0.3, 0.4) is 0 Å². The lowest BCUT2D eigenvalue weighted by Gasteiger charge is -2.12. The first kappa shape index (κ1) is 18.2. The van der Waals surface area contributed by atoms with Gasteiger partial charge in [0.25, 0.3) is 5.91 Å². The van der Waals surface area contributed by atoms with Crippen LogP contribution in [0.1, 0.15) is 29.8 Å². The van der Waals surface area contributed by atoms with Crippen molar-refractivity contribution < 1.29 is 9.59 Å². The van der Waals surface area contributed by atoms with E-state index in [0.717, 1.165) is 10.0 Å². The summed E-state index contributed by atoms with van der Waals surface area (Å²) in [7, 11) is 0. The molecule has 0 atom stereocenters. The highest BCUT2D eigenvalue weighted by atomic mass is 79.9. The molecule has 2 N–H and O–H groups in total. The van der Waals surface area contributed by atoms with E-state index in [1.807, 2.05) is 38.1 Å². The second kappa shape index (κ2) is 8.64. The Kier molecular flexibility index (Phi) is 6.55. The van der Waals surface area contributed by atoms with Gasteiger partial charge in [-0.2, -0.15) is 0 Å². The zero-order valence-corrected chi connectivity index (χ0v) is 15.4. The van der Waals surface area contributed by atoms with Crippen molar-refractivity contribution in [1.82, 2.24) is 5.32 Å². The fourth-order valence-corrected chi connectivity index (χ4v) is 2.43. The van der Waals surface area contributed by atoms with E-state index in [4.69, 9.17) is 0 Å². The average molecular weight is 389 g/mol. The van der Waals surface area contributed by atoms with Crippen LogP contribution in [-0.4, -0.2) is 18.4 Å². The third-order valence-corrected chi connectivity index (χ3v) is 3.92. The fraction of sp³-hybridized carbons (Fsp3) is 0.263. The molecule has 126 valence electrons. The van der Waals surface area contributed by atoms with Gasteiger partial charge in [-0.05, 0) is 35.7 Å². The number of anilines is 1. The van der Waals surface area contributed by atoms with Crippen molar-refractivity contribution in [2.45, 2.75) is 20.3 Å². The summed E-state index contributed by atoms with van der Waals surface area (Å²) in [5.74, 6) is 0.0396. The topological polar surface area (TPSA) is 58.2 Å². The molecular weight excluding hydrogens is 368 g/mol. The smallest absolute Gasteiger partial charge is 0.253 e. The monoisotopic (exact) mass is 388 g/mol. The lowest BCUT2D eigenvalue weighted by molar-refractivity contribution is -0.115. The molecule has 2 aromatic carbocycles. The van der Waals surface area contributed by atoms with Crippen molar-refractivity contribution in [1.29, 1.82) is 0 Å². The molecule has 0 aliphatic heterocycles. The standard InChI is InChI=1S/C19H21BrN2O2/c1-13(2)12-21-19(24)16-5-3-4-6-17(16)22-18(23)11-14-7-9-15(20)10-8-14/h3-10,13H,11-12H2,1-2H3,(H,21,24)(H,22,23). The SMILES string of the molecule is CC(C)CNC(=O)c1ccccc1NC(=O)Cc1ccc(Br)cc1. The maximum absolute atomic E-state index is 12.3. The average Bonchev–Trinajstić information content (AvgIpc) is 2.55. The van der Waals surface area contributed by atoms with Crippen LogP contribution in [0.25, 0.3) is 0 Å². The number of halogens is 1. The molecule has 0 bridgehead atoms. The van der Waals surface area contributed by atoms with Crippen LogP contribution in [0.4, 0.5) is 5.69 Å². The molecule has 0 aromatic heterocycles. The lowest BCUT2D eigenvalue weighted by atomic mass is 10.1. The van der Waals surface area contributed by atoms with Crippen molar-refractivity contribution in [2.24, 2.45) is 5.92 Å². The number of hydrogen-bond donors (Lipinski definition) is 2. The molecule has 4 nitrogen and oxygen atoms in total. The Morgan fingerprint density at radius 3 is 2.38 bits per heavy atom. The van der Waals surface area contributed by atoms with Gasteiger partial charge >= 0.3 is 0 Å². The molecule has 5 heteroatoms. The summed E-state index contributed by atoms with van der Waals surface area (Å²) in [6, 6.07) is 14.6. The summed E-state index contributed by atoms with van der Waals surface area (Å²) >= 11 is 3.37. The van der Waals surface area contributed by atoms with Crippen LogP contribution in [0.15, 0.2) is 53.0 Å². The predicted molar refractivity (Wildman–Crippen MR) is 100 cm³/mol. The number of amides is 2. The van der Waals surface area contributed by atoms with Crippen molar-refractivity contribution in [3.63, 3.8) is 0 Å². The van der Waals surface area contributed by atoms with E-state index in [1.54, 1.807) is 24.3 Å². The third kappa shape index (κ3) is 5.49. The van der Waals surface area contributed by atoms with E-state index < -0.39 is 0 Å². The van der Waals surface area contributed by atoms with Crippen LogP contribution in [-0.2, 0) is 11.2 Å². The van der Waals surface area contributed by atoms with Gasteiger partial charge in [-0.15, -0.1) is 0 Å². The van der Waals surface area contributed by atoms with E-state index in [9.17, 15) is 9.59 Å². The molecule has 0 unspecified atom stereocenters. The van der Waals surface area contributed by atoms with Gasteiger partial charge in [0.1, 0.15) is 0 Å². The number of nitrogens with one attached hydrogen (secondary N) is 2. The Morgan fingerprint density at radius 2 is 1.71 bits per heavy atom. The first-order valence-electron chi connectivity index (χ1n) is 7.87. The zero-order valence-electron chi connectivity index (χ0n) is 13.8. The van der Waals surface area contributed by atoms with Crippen LogP contribution in [0, 0.1) is 5.92 Å². The molecule has 0 aliphatic carbocycles. The summed E-state index contributed by atoms with van der Waals surface area (Å²) in [6.45, 7) is 4.67. The van der Waals surface area contributed by atoms with E-state index in [1.165, 1.54) is 0 Å². The molecule has 0 saturated carbocycles. The number of benzene rings is 2. The Morgan fingerprint density at radius 1 is 1.04 bits per heavy atom. The normalized spacial score (nSPS) is 10.5. The van der Waals surface area contributed by atoms with Gasteiger partial charge in [-0.1, -0.05) is 54.0 Å². The van der Waals surface area contributed by atoms with E-state index >= 15 is 0 Å². The number of para-hydroxylation sites is 1. The van der Waals surface area contributed by atoms with Crippen LogP contribution in [0.5, 0.6) is 0 Å². The quantitative estimate of drug-likeness (QED) is 0.784. The minimum Gasteiger partial charge on any atom is -0.352 e. The maximum atomic E-state index is 12.3. The van der Waals surface area contributed by atoms with Gasteiger partial charge in [0.05, 0.1) is 17.7 Å². The molecule has 2 aromatic rings. The summed E-state index contributed by atoms with van der Waals surface area (Å²) < 4.78 is 0.971. The van der Waals surface area contributed by atoms with Crippen LogP contribution >= 0.6 is 15.9 Å². The second-order valence-corrected chi connectivity index (χ2v) is 6.92. The number of rotatable bonds is 6. The van der Waals surface area contributed by atoms with Crippen molar-refractivity contribution in [3.8, 4) is 0 Å². The molecule has 24 heavy (non-hydrogen) atoms. The molecule has 2 rings (SSSR count). The molecule has 0 heterocycles. The van der Waals surface area contributed by atoms with Gasteiger partial charge in [-0.25, -0.2) is 0 Å². The highest BCUT2D eigenvalue weighted by Crippen LogP contribution is 2.16. The molecule has 0 saturated heterocycles. The Balaban J connectivity index is 2.05. The number of carbonyl (C=O) groups excluding carboxylic acids is 2. The highest BCUT2D eigenvalue weighted by molar-refractivity contribution is 9.10. The van der Waals surface area contributed by atoms with E-state index in [-0.39, 0.29) is 18.2 Å². The molecule has 0 aliphatic rings. The van der Waals surface area contributed by atoms with Gasteiger partial charge in [0, 0.05) is 11.0 Å². The minimum atomic E-state index is -0.178. The number of hydrogen-bond acceptors (Lipinski definition) is 2. The van der Waals surface area contributed by atoms with Gasteiger partial charge < -0.3 is 10.6 Å². The third-order valence-electron chi connectivity index (χ3n) is 3.39.